The summed E-state index contributed by atoms with van der Waals surface area (Å²) in [7, 11) is 1.68. The number of hydrogen-bond donors (Lipinski definition) is 1. The van der Waals surface area contributed by atoms with Crippen LogP contribution in [0.2, 0.25) is 0 Å². The summed E-state index contributed by atoms with van der Waals surface area (Å²) in [6.07, 6.45) is 0.101. The smallest absolute Gasteiger partial charge is 0.228 e. The van der Waals surface area contributed by atoms with E-state index in [0.29, 0.717) is 6.54 Å². The zero-order valence-corrected chi connectivity index (χ0v) is 11.3. The van der Waals surface area contributed by atoms with Crippen LogP contribution in [0.1, 0.15) is 20.8 Å². The lowest BCUT2D eigenvalue weighted by Gasteiger charge is -2.35. The summed E-state index contributed by atoms with van der Waals surface area (Å²) in [5.74, 6) is 0.434. The van der Waals surface area contributed by atoms with E-state index in [1.165, 1.54) is 0 Å². The maximum atomic E-state index is 12.0. The number of methoxy groups -OCH3 is 1. The van der Waals surface area contributed by atoms with Crippen LogP contribution in [0.4, 0.5) is 0 Å². The van der Waals surface area contributed by atoms with Gasteiger partial charge in [-0.2, -0.15) is 0 Å². The fourth-order valence-corrected chi connectivity index (χ4v) is 1.60. The van der Waals surface area contributed by atoms with Gasteiger partial charge in [0.15, 0.2) is 0 Å². The van der Waals surface area contributed by atoms with Gasteiger partial charge in [0.1, 0.15) is 0 Å². The predicted octanol–water partition coefficient (Wildman–Crippen LogP) is 0.899. The fraction of sp³-hybridized carbons (Fsp3) is 0.909. The molecule has 0 aromatic heterocycles. The number of nitrogens with zero attached hydrogens (tertiary/aromatic N) is 1. The van der Waals surface area contributed by atoms with Crippen LogP contribution in [-0.2, 0) is 9.53 Å². The molecule has 0 saturated carbocycles. The van der Waals surface area contributed by atoms with E-state index in [-0.39, 0.29) is 36.4 Å². The highest BCUT2D eigenvalue weighted by Gasteiger charge is 2.30. The van der Waals surface area contributed by atoms with Crippen molar-refractivity contribution >= 4 is 18.3 Å². The van der Waals surface area contributed by atoms with Gasteiger partial charge >= 0.3 is 0 Å². The summed E-state index contributed by atoms with van der Waals surface area (Å²) < 4.78 is 5.20. The number of nitrogens with one attached hydrogen (secondary N) is 1. The van der Waals surface area contributed by atoms with Gasteiger partial charge in [0.2, 0.25) is 5.91 Å². The van der Waals surface area contributed by atoms with Gasteiger partial charge in [0.05, 0.1) is 12.0 Å². The van der Waals surface area contributed by atoms with Crippen LogP contribution in [-0.4, -0.2) is 49.7 Å². The van der Waals surface area contributed by atoms with Gasteiger partial charge in [0.25, 0.3) is 0 Å². The van der Waals surface area contributed by atoms with E-state index in [0.717, 1.165) is 13.1 Å². The molecule has 1 rings (SSSR count). The molecule has 1 aliphatic heterocycles. The van der Waals surface area contributed by atoms with Crippen molar-refractivity contribution in [1.82, 2.24) is 10.2 Å². The lowest BCUT2D eigenvalue weighted by Crippen LogP contribution is -2.54. The van der Waals surface area contributed by atoms with Crippen LogP contribution in [0.15, 0.2) is 0 Å². The molecule has 1 heterocycles. The van der Waals surface area contributed by atoms with Gasteiger partial charge in [-0.1, -0.05) is 0 Å². The van der Waals surface area contributed by atoms with Gasteiger partial charge < -0.3 is 15.0 Å². The van der Waals surface area contributed by atoms with E-state index in [9.17, 15) is 4.79 Å². The second-order valence-corrected chi connectivity index (χ2v) is 4.49. The molecule has 0 aromatic rings. The Morgan fingerprint density at radius 1 is 1.44 bits per heavy atom. The number of halogens is 1. The highest BCUT2D eigenvalue weighted by molar-refractivity contribution is 5.85. The van der Waals surface area contributed by atoms with Crippen LogP contribution < -0.4 is 5.32 Å². The molecule has 1 aliphatic rings. The fourth-order valence-electron chi connectivity index (χ4n) is 1.60. The zero-order valence-electron chi connectivity index (χ0n) is 10.5. The maximum absolute atomic E-state index is 12.0. The minimum absolute atomic E-state index is 0. The van der Waals surface area contributed by atoms with Gasteiger partial charge in [-0.15, -0.1) is 12.4 Å². The normalized spacial score (nSPS) is 17.6. The first-order valence-corrected chi connectivity index (χ1v) is 5.60. The molecule has 0 spiro atoms. The standard InChI is InChI=1S/C11H22N2O2.ClH/c1-8(2)13(7-9(3)15-4)11(14)10-5-12-6-10;/h8-10,12H,5-7H2,1-4H3;1H. The second kappa shape index (κ2) is 7.09. The molecule has 5 heteroatoms. The number of carbonyl (C=O) groups excluding carboxylic acids is 1. The van der Waals surface area contributed by atoms with Crippen LogP contribution in [0.5, 0.6) is 0 Å². The van der Waals surface area contributed by atoms with Gasteiger partial charge in [-0.25, -0.2) is 0 Å². The Labute approximate surface area is 104 Å². The van der Waals surface area contributed by atoms with Gasteiger partial charge in [-0.3, -0.25) is 4.79 Å². The first-order valence-electron chi connectivity index (χ1n) is 5.60. The molecule has 1 saturated heterocycles. The van der Waals surface area contributed by atoms with E-state index < -0.39 is 0 Å². The Bertz CT molecular complexity index is 220. The molecule has 0 aromatic carbocycles. The predicted molar refractivity (Wildman–Crippen MR) is 66.9 cm³/mol. The van der Waals surface area contributed by atoms with E-state index in [1.807, 2.05) is 25.7 Å². The lowest BCUT2D eigenvalue weighted by atomic mass is 10.0. The molecule has 0 radical (unpaired) electrons. The minimum Gasteiger partial charge on any atom is -0.380 e. The van der Waals surface area contributed by atoms with Crippen LogP contribution in [0.25, 0.3) is 0 Å². The molecule has 1 unspecified atom stereocenters. The SMILES string of the molecule is COC(C)CN(C(=O)C1CNC1)C(C)C.Cl. The van der Waals surface area contributed by atoms with Gasteiger partial charge in [0, 0.05) is 32.8 Å². The molecular weight excluding hydrogens is 228 g/mol. The third-order valence-electron chi connectivity index (χ3n) is 2.89. The summed E-state index contributed by atoms with van der Waals surface area (Å²) >= 11 is 0. The van der Waals surface area contributed by atoms with E-state index in [1.54, 1.807) is 7.11 Å². The molecule has 0 bridgehead atoms. The van der Waals surface area contributed by atoms with E-state index in [4.69, 9.17) is 4.74 Å². The molecule has 1 atom stereocenters. The molecule has 0 aliphatic carbocycles. The quantitative estimate of drug-likeness (QED) is 0.788. The Morgan fingerprint density at radius 2 is 2.00 bits per heavy atom. The molecule has 4 nitrogen and oxygen atoms in total. The van der Waals surface area contributed by atoms with Crippen molar-refractivity contribution in [2.75, 3.05) is 26.7 Å². The van der Waals surface area contributed by atoms with Crippen molar-refractivity contribution in [3.63, 3.8) is 0 Å². The number of hydrogen-bond acceptors (Lipinski definition) is 3. The molecule has 96 valence electrons. The van der Waals surface area contributed by atoms with Crippen molar-refractivity contribution in [2.24, 2.45) is 5.92 Å². The summed E-state index contributed by atoms with van der Waals surface area (Å²) in [6, 6.07) is 0.246. The average molecular weight is 251 g/mol. The topological polar surface area (TPSA) is 41.6 Å². The maximum Gasteiger partial charge on any atom is 0.228 e. The summed E-state index contributed by atoms with van der Waals surface area (Å²) in [5.41, 5.74) is 0. The molecule has 16 heavy (non-hydrogen) atoms. The molecular formula is C11H23ClN2O2. The van der Waals surface area contributed by atoms with Crippen LogP contribution >= 0.6 is 12.4 Å². The number of amides is 1. The Morgan fingerprint density at radius 3 is 2.31 bits per heavy atom. The third kappa shape index (κ3) is 3.92. The second-order valence-electron chi connectivity index (χ2n) is 4.49. The largest absolute Gasteiger partial charge is 0.380 e. The summed E-state index contributed by atoms with van der Waals surface area (Å²) in [5, 5.41) is 3.12. The molecule has 1 amide bonds. The lowest BCUT2D eigenvalue weighted by molar-refractivity contribution is -0.140. The van der Waals surface area contributed by atoms with Crippen LogP contribution in [0, 0.1) is 5.92 Å². The third-order valence-corrected chi connectivity index (χ3v) is 2.89. The monoisotopic (exact) mass is 250 g/mol. The Hall–Kier alpha value is -0.320. The highest BCUT2D eigenvalue weighted by atomic mass is 35.5. The van der Waals surface area contributed by atoms with Crippen LogP contribution in [0.3, 0.4) is 0 Å². The molecule has 1 N–H and O–H groups in total. The zero-order chi connectivity index (χ0) is 11.4. The van der Waals surface area contributed by atoms with Crippen molar-refractivity contribution in [3.8, 4) is 0 Å². The summed E-state index contributed by atoms with van der Waals surface area (Å²) in [6.45, 7) is 8.41. The average Bonchev–Trinajstić information content (AvgIpc) is 2.10. The minimum atomic E-state index is 0. The summed E-state index contributed by atoms with van der Waals surface area (Å²) in [4.78, 5) is 14.0. The van der Waals surface area contributed by atoms with Gasteiger partial charge in [-0.05, 0) is 20.8 Å². The number of ether oxygens (including phenoxy) is 1. The van der Waals surface area contributed by atoms with Crippen molar-refractivity contribution in [2.45, 2.75) is 32.9 Å². The first-order chi connectivity index (χ1) is 7.06. The highest BCUT2D eigenvalue weighted by Crippen LogP contribution is 2.12. The Balaban J connectivity index is 0.00000225. The number of rotatable bonds is 5. The van der Waals surface area contributed by atoms with Crippen molar-refractivity contribution in [1.29, 1.82) is 0 Å². The Kier molecular flexibility index (Phi) is 6.95. The first kappa shape index (κ1) is 15.7. The number of carbonyl (C=O) groups is 1. The van der Waals surface area contributed by atoms with E-state index >= 15 is 0 Å². The molecule has 1 fully saturated rings. The van der Waals surface area contributed by atoms with Crippen molar-refractivity contribution in [3.05, 3.63) is 0 Å². The van der Waals surface area contributed by atoms with Crippen molar-refractivity contribution < 1.29 is 9.53 Å². The van der Waals surface area contributed by atoms with E-state index in [2.05, 4.69) is 5.32 Å².